The van der Waals surface area contributed by atoms with Crippen molar-refractivity contribution >= 4 is 11.0 Å². The standard InChI is InChI=1S/C13H19NO4S/c1-10-11(16-2)4-5-12(13(10)17-3)19(15)14-6-8-18-9-7-14/h4-5H,6-9H2,1-3H3/t19-/m0/s1. The van der Waals surface area contributed by atoms with E-state index in [1.165, 1.54) is 0 Å². The quantitative estimate of drug-likeness (QED) is 0.838. The largest absolute Gasteiger partial charge is 0.496 e. The van der Waals surface area contributed by atoms with Gasteiger partial charge in [0.2, 0.25) is 0 Å². The lowest BCUT2D eigenvalue weighted by Gasteiger charge is -2.26. The van der Waals surface area contributed by atoms with Crippen LogP contribution >= 0.6 is 0 Å². The number of ether oxygens (including phenoxy) is 3. The van der Waals surface area contributed by atoms with E-state index in [4.69, 9.17) is 14.2 Å². The van der Waals surface area contributed by atoms with Crippen molar-refractivity contribution in [3.63, 3.8) is 0 Å². The topological polar surface area (TPSA) is 48.0 Å². The Morgan fingerprint density at radius 1 is 1.21 bits per heavy atom. The molecule has 0 amide bonds. The van der Waals surface area contributed by atoms with Gasteiger partial charge in [0.1, 0.15) is 22.5 Å². The van der Waals surface area contributed by atoms with Crippen molar-refractivity contribution in [1.82, 2.24) is 4.31 Å². The second-order valence-corrected chi connectivity index (χ2v) is 5.67. The van der Waals surface area contributed by atoms with Gasteiger partial charge >= 0.3 is 0 Å². The highest BCUT2D eigenvalue weighted by atomic mass is 32.2. The highest BCUT2D eigenvalue weighted by molar-refractivity contribution is 7.82. The second kappa shape index (κ2) is 6.36. The summed E-state index contributed by atoms with van der Waals surface area (Å²) < 4.78 is 30.4. The van der Waals surface area contributed by atoms with Crippen molar-refractivity contribution in [2.24, 2.45) is 0 Å². The maximum atomic E-state index is 12.6. The Labute approximate surface area is 116 Å². The Bertz CT molecular complexity index is 472. The van der Waals surface area contributed by atoms with Gasteiger partial charge in [-0.1, -0.05) is 0 Å². The molecule has 0 spiro atoms. The van der Waals surface area contributed by atoms with Crippen LogP contribution in [0.4, 0.5) is 0 Å². The first kappa shape index (κ1) is 14.3. The average molecular weight is 285 g/mol. The molecule has 1 aromatic carbocycles. The summed E-state index contributed by atoms with van der Waals surface area (Å²) in [6.07, 6.45) is 0. The van der Waals surface area contributed by atoms with Crippen molar-refractivity contribution in [2.45, 2.75) is 11.8 Å². The van der Waals surface area contributed by atoms with Gasteiger partial charge in [-0.3, -0.25) is 0 Å². The third-order valence-corrected chi connectivity index (χ3v) is 4.67. The lowest BCUT2D eigenvalue weighted by molar-refractivity contribution is 0.0751. The Kier molecular flexibility index (Phi) is 4.79. The zero-order chi connectivity index (χ0) is 13.8. The van der Waals surface area contributed by atoms with Crippen LogP contribution in [0.2, 0.25) is 0 Å². The zero-order valence-corrected chi connectivity index (χ0v) is 12.3. The third kappa shape index (κ3) is 2.91. The molecule has 1 saturated heterocycles. The normalized spacial score (nSPS) is 18.1. The molecule has 2 rings (SSSR count). The lowest BCUT2D eigenvalue weighted by atomic mass is 10.2. The van der Waals surface area contributed by atoms with Crippen molar-refractivity contribution < 1.29 is 18.4 Å². The smallest absolute Gasteiger partial charge is 0.142 e. The maximum Gasteiger partial charge on any atom is 0.142 e. The van der Waals surface area contributed by atoms with Gasteiger partial charge in [0, 0.05) is 18.7 Å². The molecule has 0 saturated carbocycles. The summed E-state index contributed by atoms with van der Waals surface area (Å²) in [4.78, 5) is 0.683. The van der Waals surface area contributed by atoms with Crippen molar-refractivity contribution in [2.75, 3.05) is 40.5 Å². The number of rotatable bonds is 4. The highest BCUT2D eigenvalue weighted by Crippen LogP contribution is 2.34. The number of nitrogens with zero attached hydrogens (tertiary/aromatic N) is 1. The Hall–Kier alpha value is -1.11. The minimum atomic E-state index is -1.23. The minimum Gasteiger partial charge on any atom is -0.496 e. The molecule has 19 heavy (non-hydrogen) atoms. The van der Waals surface area contributed by atoms with Crippen molar-refractivity contribution in [3.05, 3.63) is 17.7 Å². The van der Waals surface area contributed by atoms with E-state index in [1.807, 2.05) is 17.3 Å². The van der Waals surface area contributed by atoms with E-state index in [0.717, 1.165) is 11.3 Å². The highest BCUT2D eigenvalue weighted by Gasteiger charge is 2.23. The SMILES string of the molecule is COc1ccc([S@](=O)N2CCOCC2)c(OC)c1C. The van der Waals surface area contributed by atoms with Crippen LogP contribution in [-0.4, -0.2) is 49.0 Å². The van der Waals surface area contributed by atoms with Crippen LogP contribution in [0.5, 0.6) is 11.5 Å². The molecular formula is C13H19NO4S. The van der Waals surface area contributed by atoms with Gasteiger partial charge in [0.05, 0.1) is 32.3 Å². The second-order valence-electron chi connectivity index (χ2n) is 4.21. The van der Waals surface area contributed by atoms with Crippen LogP contribution in [0.25, 0.3) is 0 Å². The van der Waals surface area contributed by atoms with Crippen LogP contribution in [-0.2, 0) is 15.7 Å². The van der Waals surface area contributed by atoms with Crippen LogP contribution < -0.4 is 9.47 Å². The number of morpholine rings is 1. The van der Waals surface area contributed by atoms with E-state index in [0.29, 0.717) is 36.9 Å². The Morgan fingerprint density at radius 3 is 2.47 bits per heavy atom. The fourth-order valence-electron chi connectivity index (χ4n) is 2.11. The fourth-order valence-corrected chi connectivity index (χ4v) is 3.45. The molecule has 0 aliphatic carbocycles. The predicted octanol–water partition coefficient (Wildman–Crippen LogP) is 1.37. The van der Waals surface area contributed by atoms with Gasteiger partial charge in [-0.25, -0.2) is 8.51 Å². The molecule has 1 heterocycles. The van der Waals surface area contributed by atoms with Gasteiger partial charge < -0.3 is 14.2 Å². The monoisotopic (exact) mass is 285 g/mol. The number of hydrogen-bond donors (Lipinski definition) is 0. The maximum absolute atomic E-state index is 12.6. The van der Waals surface area contributed by atoms with E-state index < -0.39 is 11.0 Å². The number of hydrogen-bond acceptors (Lipinski definition) is 4. The van der Waals surface area contributed by atoms with E-state index in [9.17, 15) is 4.21 Å². The first-order valence-electron chi connectivity index (χ1n) is 6.15. The van der Waals surface area contributed by atoms with Gasteiger partial charge in [-0.15, -0.1) is 0 Å². The Balaban J connectivity index is 2.33. The summed E-state index contributed by atoms with van der Waals surface area (Å²) in [5.41, 5.74) is 0.865. The van der Waals surface area contributed by atoms with E-state index in [-0.39, 0.29) is 0 Å². The minimum absolute atomic E-state index is 0.614. The third-order valence-electron chi connectivity index (χ3n) is 3.14. The van der Waals surface area contributed by atoms with Crippen LogP contribution in [0.15, 0.2) is 17.0 Å². The molecule has 0 bridgehead atoms. The molecule has 1 aliphatic heterocycles. The van der Waals surface area contributed by atoms with E-state index in [1.54, 1.807) is 20.3 Å². The fraction of sp³-hybridized carbons (Fsp3) is 0.538. The molecule has 5 nitrogen and oxygen atoms in total. The molecule has 1 fully saturated rings. The molecule has 1 atom stereocenters. The first-order chi connectivity index (χ1) is 9.19. The molecule has 0 radical (unpaired) electrons. The van der Waals surface area contributed by atoms with Gasteiger partial charge in [-0.05, 0) is 19.1 Å². The van der Waals surface area contributed by atoms with Gasteiger partial charge in [0.15, 0.2) is 0 Å². The summed E-state index contributed by atoms with van der Waals surface area (Å²) in [7, 11) is 1.97. The summed E-state index contributed by atoms with van der Waals surface area (Å²) in [5.74, 6) is 1.36. The number of benzene rings is 1. The van der Waals surface area contributed by atoms with Crippen LogP contribution in [0, 0.1) is 6.92 Å². The zero-order valence-electron chi connectivity index (χ0n) is 11.5. The van der Waals surface area contributed by atoms with Gasteiger partial charge in [-0.2, -0.15) is 0 Å². The molecule has 0 aromatic heterocycles. The lowest BCUT2D eigenvalue weighted by Crippen LogP contribution is -2.37. The average Bonchev–Trinajstić information content (AvgIpc) is 2.47. The van der Waals surface area contributed by atoms with Crippen molar-refractivity contribution in [1.29, 1.82) is 0 Å². The van der Waals surface area contributed by atoms with E-state index >= 15 is 0 Å². The summed E-state index contributed by atoms with van der Waals surface area (Å²) in [6.45, 7) is 4.46. The molecule has 6 heteroatoms. The molecule has 1 aromatic rings. The summed E-state index contributed by atoms with van der Waals surface area (Å²) in [5, 5.41) is 0. The summed E-state index contributed by atoms with van der Waals surface area (Å²) >= 11 is 0. The molecular weight excluding hydrogens is 266 g/mol. The molecule has 1 aliphatic rings. The molecule has 106 valence electrons. The molecule has 0 unspecified atom stereocenters. The summed E-state index contributed by atoms with van der Waals surface area (Å²) in [6, 6.07) is 3.63. The Morgan fingerprint density at radius 2 is 1.89 bits per heavy atom. The predicted molar refractivity (Wildman–Crippen MR) is 73.1 cm³/mol. The van der Waals surface area contributed by atoms with Gasteiger partial charge in [0.25, 0.3) is 0 Å². The van der Waals surface area contributed by atoms with Crippen molar-refractivity contribution in [3.8, 4) is 11.5 Å². The van der Waals surface area contributed by atoms with Crippen LogP contribution in [0.1, 0.15) is 5.56 Å². The number of methoxy groups -OCH3 is 2. The van der Waals surface area contributed by atoms with Crippen LogP contribution in [0.3, 0.4) is 0 Å². The van der Waals surface area contributed by atoms with E-state index in [2.05, 4.69) is 0 Å². The molecule has 0 N–H and O–H groups in total. The first-order valence-corrected chi connectivity index (χ1v) is 7.26.